The molecular weight excluding hydrogens is 306 g/mol. The van der Waals surface area contributed by atoms with Crippen LogP contribution >= 0.6 is 0 Å². The number of aromatic nitrogens is 1. The zero-order chi connectivity index (χ0) is 17.1. The first kappa shape index (κ1) is 16.6. The molecule has 0 aliphatic rings. The molecule has 0 aliphatic heterocycles. The van der Waals surface area contributed by atoms with E-state index in [1.54, 1.807) is 0 Å². The number of hydrogen-bond donors (Lipinski definition) is 4. The van der Waals surface area contributed by atoms with E-state index in [2.05, 4.69) is 0 Å². The van der Waals surface area contributed by atoms with Gasteiger partial charge in [-0.25, -0.2) is 0 Å². The molecule has 0 amide bonds. The Bertz CT molecular complexity index is 838. The maximum absolute atomic E-state index is 9.46. The predicted molar refractivity (Wildman–Crippen MR) is 97.3 cm³/mol. The van der Waals surface area contributed by atoms with Crippen LogP contribution < -0.4 is 10.6 Å². The number of nitrogens with zero attached hydrogens (tertiary/aromatic N) is 2. The normalized spacial score (nSPS) is 11.5. The number of para-hydroxylation sites is 1. The molecule has 0 atom stereocenters. The van der Waals surface area contributed by atoms with Crippen LogP contribution in [0.15, 0.2) is 36.4 Å². The van der Waals surface area contributed by atoms with Crippen LogP contribution in [0.25, 0.3) is 21.8 Å². The summed E-state index contributed by atoms with van der Waals surface area (Å²) in [6.45, 7) is 1.34. The molecule has 0 aliphatic carbocycles. The topological polar surface area (TPSA) is 94.9 Å². The van der Waals surface area contributed by atoms with Gasteiger partial charge in [0.15, 0.2) is 0 Å². The lowest BCUT2D eigenvalue weighted by atomic mass is 10.1. The van der Waals surface area contributed by atoms with E-state index in [1.165, 1.54) is 0 Å². The average Bonchev–Trinajstić information content (AvgIpc) is 2.92. The fraction of sp³-hybridized carbons (Fsp3) is 0.333. The van der Waals surface area contributed by atoms with Crippen LogP contribution in [0.2, 0.25) is 0 Å². The molecule has 0 saturated carbocycles. The minimum atomic E-state index is 0.00114. The number of aliphatic hydroxyl groups is 3. The van der Waals surface area contributed by atoms with Crippen molar-refractivity contribution >= 4 is 33.2 Å². The predicted octanol–water partition coefficient (Wildman–Crippen LogP) is 1.16. The second-order valence-electron chi connectivity index (χ2n) is 5.72. The molecule has 6 nitrogen and oxygen atoms in total. The van der Waals surface area contributed by atoms with Crippen molar-refractivity contribution in [1.29, 1.82) is 0 Å². The SMILES string of the molecule is Nc1ccc(N(CCO)CCO)c2c3ccccc3n(CCO)c12. The van der Waals surface area contributed by atoms with Gasteiger partial charge in [0.25, 0.3) is 0 Å². The monoisotopic (exact) mass is 329 g/mol. The minimum Gasteiger partial charge on any atom is -0.397 e. The Labute approximate surface area is 140 Å². The summed E-state index contributed by atoms with van der Waals surface area (Å²) >= 11 is 0. The highest BCUT2D eigenvalue weighted by Crippen LogP contribution is 2.39. The third kappa shape index (κ3) is 2.69. The van der Waals surface area contributed by atoms with Crippen LogP contribution in [0.5, 0.6) is 0 Å². The van der Waals surface area contributed by atoms with E-state index in [4.69, 9.17) is 5.73 Å². The highest BCUT2D eigenvalue weighted by molar-refractivity contribution is 6.17. The van der Waals surface area contributed by atoms with Crippen molar-refractivity contribution in [3.05, 3.63) is 36.4 Å². The van der Waals surface area contributed by atoms with E-state index in [1.807, 2.05) is 45.9 Å². The van der Waals surface area contributed by atoms with Gasteiger partial charge in [-0.05, 0) is 18.2 Å². The van der Waals surface area contributed by atoms with Gasteiger partial charge >= 0.3 is 0 Å². The van der Waals surface area contributed by atoms with E-state index >= 15 is 0 Å². The maximum atomic E-state index is 9.46. The van der Waals surface area contributed by atoms with E-state index in [9.17, 15) is 15.3 Å². The van der Waals surface area contributed by atoms with Gasteiger partial charge in [-0.3, -0.25) is 0 Å². The Morgan fingerprint density at radius 1 is 0.917 bits per heavy atom. The summed E-state index contributed by atoms with van der Waals surface area (Å²) in [4.78, 5) is 1.96. The molecule has 0 bridgehead atoms. The van der Waals surface area contributed by atoms with Crippen LogP contribution in [0.3, 0.4) is 0 Å². The molecule has 5 N–H and O–H groups in total. The summed E-state index contributed by atoms with van der Waals surface area (Å²) in [5.41, 5.74) is 9.71. The minimum absolute atomic E-state index is 0.00114. The average molecular weight is 329 g/mol. The number of aliphatic hydroxyl groups excluding tert-OH is 3. The molecule has 3 rings (SSSR count). The summed E-state index contributed by atoms with van der Waals surface area (Å²) < 4.78 is 2.03. The molecule has 6 heteroatoms. The number of benzene rings is 2. The molecular formula is C18H23N3O3. The highest BCUT2D eigenvalue weighted by atomic mass is 16.3. The van der Waals surface area contributed by atoms with Crippen molar-refractivity contribution in [2.24, 2.45) is 0 Å². The summed E-state index contributed by atoms with van der Waals surface area (Å²) in [6, 6.07) is 11.7. The number of nitrogens with two attached hydrogens (primary N) is 1. The summed E-state index contributed by atoms with van der Waals surface area (Å²) in [6.07, 6.45) is 0. The maximum Gasteiger partial charge on any atom is 0.0746 e. The molecule has 0 unspecified atom stereocenters. The van der Waals surface area contributed by atoms with Crippen LogP contribution in [0.1, 0.15) is 0 Å². The number of fused-ring (bicyclic) bond motifs is 3. The second-order valence-corrected chi connectivity index (χ2v) is 5.72. The molecule has 0 saturated heterocycles. The van der Waals surface area contributed by atoms with Gasteiger partial charge in [0.1, 0.15) is 0 Å². The van der Waals surface area contributed by atoms with Gasteiger partial charge in [0, 0.05) is 41.6 Å². The zero-order valence-electron chi connectivity index (χ0n) is 13.5. The Morgan fingerprint density at radius 3 is 2.29 bits per heavy atom. The van der Waals surface area contributed by atoms with Crippen molar-refractivity contribution < 1.29 is 15.3 Å². The lowest BCUT2D eigenvalue weighted by molar-refractivity contribution is 0.280. The molecule has 0 fully saturated rings. The number of nitrogen functional groups attached to an aromatic ring is 1. The van der Waals surface area contributed by atoms with Gasteiger partial charge in [0.2, 0.25) is 0 Å². The van der Waals surface area contributed by atoms with Crippen molar-refractivity contribution in [2.45, 2.75) is 6.54 Å². The van der Waals surface area contributed by atoms with Crippen molar-refractivity contribution in [1.82, 2.24) is 4.57 Å². The van der Waals surface area contributed by atoms with Crippen LogP contribution in [-0.2, 0) is 6.54 Å². The summed E-state index contributed by atoms with van der Waals surface area (Å²) in [5, 5.41) is 30.2. The molecule has 0 radical (unpaired) electrons. The summed E-state index contributed by atoms with van der Waals surface area (Å²) in [7, 11) is 0. The molecule has 24 heavy (non-hydrogen) atoms. The number of anilines is 2. The van der Waals surface area contributed by atoms with Crippen molar-refractivity contribution in [3.63, 3.8) is 0 Å². The molecule has 0 spiro atoms. The molecule has 128 valence electrons. The Kier molecular flexibility index (Phi) is 4.89. The first-order chi connectivity index (χ1) is 11.7. The lowest BCUT2D eigenvalue weighted by Gasteiger charge is -2.24. The van der Waals surface area contributed by atoms with E-state index in [0.717, 1.165) is 27.5 Å². The van der Waals surface area contributed by atoms with Gasteiger partial charge in [-0.1, -0.05) is 18.2 Å². The van der Waals surface area contributed by atoms with Gasteiger partial charge in [-0.15, -0.1) is 0 Å². The van der Waals surface area contributed by atoms with E-state index < -0.39 is 0 Å². The third-order valence-corrected chi connectivity index (χ3v) is 4.33. The number of rotatable bonds is 7. The van der Waals surface area contributed by atoms with Crippen molar-refractivity contribution in [3.8, 4) is 0 Å². The Hall–Kier alpha value is -2.28. The van der Waals surface area contributed by atoms with Gasteiger partial charge < -0.3 is 30.5 Å². The zero-order valence-corrected chi connectivity index (χ0v) is 13.5. The smallest absolute Gasteiger partial charge is 0.0746 e. The quantitative estimate of drug-likeness (QED) is 0.488. The van der Waals surface area contributed by atoms with Crippen LogP contribution in [-0.4, -0.2) is 52.8 Å². The van der Waals surface area contributed by atoms with Crippen LogP contribution in [0.4, 0.5) is 11.4 Å². The Balaban J connectivity index is 2.36. The first-order valence-corrected chi connectivity index (χ1v) is 8.09. The first-order valence-electron chi connectivity index (χ1n) is 8.09. The molecule has 2 aromatic carbocycles. The van der Waals surface area contributed by atoms with Gasteiger partial charge in [-0.2, -0.15) is 0 Å². The fourth-order valence-corrected chi connectivity index (χ4v) is 3.38. The van der Waals surface area contributed by atoms with E-state index in [0.29, 0.717) is 25.3 Å². The highest BCUT2D eigenvalue weighted by Gasteiger charge is 2.18. The Morgan fingerprint density at radius 2 is 1.62 bits per heavy atom. The fourth-order valence-electron chi connectivity index (χ4n) is 3.38. The third-order valence-electron chi connectivity index (χ3n) is 4.33. The molecule has 1 heterocycles. The summed E-state index contributed by atoms with van der Waals surface area (Å²) in [5.74, 6) is 0. The molecule has 1 aromatic heterocycles. The number of hydrogen-bond acceptors (Lipinski definition) is 5. The van der Waals surface area contributed by atoms with E-state index in [-0.39, 0.29) is 19.8 Å². The van der Waals surface area contributed by atoms with Crippen molar-refractivity contribution in [2.75, 3.05) is 43.5 Å². The largest absolute Gasteiger partial charge is 0.397 e. The molecule has 3 aromatic rings. The lowest BCUT2D eigenvalue weighted by Crippen LogP contribution is -2.29. The standard InChI is InChI=1S/C18H23N3O3/c19-14-5-6-16(20(7-10-22)8-11-23)17-13-3-1-2-4-15(13)21(9-12-24)18(14)17/h1-6,22-24H,7-12,19H2. The van der Waals surface area contributed by atoms with Crippen LogP contribution in [0, 0.1) is 0 Å². The second kappa shape index (κ2) is 7.09. The van der Waals surface area contributed by atoms with Gasteiger partial charge in [0.05, 0.1) is 31.0 Å².